The van der Waals surface area contributed by atoms with E-state index in [9.17, 15) is 0 Å². The van der Waals surface area contributed by atoms with Crippen LogP contribution in [-0.4, -0.2) is 56.2 Å². The molecule has 0 saturated carbocycles. The average Bonchev–Trinajstić information content (AvgIpc) is 3.14. The number of hydrogen-bond acceptors (Lipinski definition) is 5. The lowest BCUT2D eigenvalue weighted by molar-refractivity contribution is 0.232. The topological polar surface area (TPSA) is 48.9 Å². The summed E-state index contributed by atoms with van der Waals surface area (Å²) in [6.07, 6.45) is 0.985. The first-order valence-electron chi connectivity index (χ1n) is 9.59. The quantitative estimate of drug-likeness (QED) is 0.796. The van der Waals surface area contributed by atoms with Crippen LogP contribution in [0.1, 0.15) is 26.3 Å². The lowest BCUT2D eigenvalue weighted by Gasteiger charge is -2.16. The van der Waals surface area contributed by atoms with E-state index in [-0.39, 0.29) is 0 Å². The molecule has 0 bridgehead atoms. The third-order valence-corrected chi connectivity index (χ3v) is 5.28. The van der Waals surface area contributed by atoms with Gasteiger partial charge in [-0.05, 0) is 42.9 Å². The molecule has 5 nitrogen and oxygen atoms in total. The van der Waals surface area contributed by atoms with Crippen molar-refractivity contribution in [1.82, 2.24) is 15.5 Å². The molecule has 2 heterocycles. The summed E-state index contributed by atoms with van der Waals surface area (Å²) < 4.78 is 5.90. The van der Waals surface area contributed by atoms with E-state index in [4.69, 9.17) is 4.74 Å². The van der Waals surface area contributed by atoms with Gasteiger partial charge in [-0.15, -0.1) is 0 Å². The fourth-order valence-corrected chi connectivity index (χ4v) is 3.46. The van der Waals surface area contributed by atoms with Gasteiger partial charge in [0.25, 0.3) is 0 Å². The number of likely N-dealkylation sites (tertiary alicyclic amines) is 1. The van der Waals surface area contributed by atoms with Crippen LogP contribution in [0, 0.1) is 11.8 Å². The second-order valence-corrected chi connectivity index (χ2v) is 7.62. The molecule has 2 aliphatic heterocycles. The molecule has 3 unspecified atom stereocenters. The molecule has 3 atom stereocenters. The fourth-order valence-electron chi connectivity index (χ4n) is 3.46. The highest BCUT2D eigenvalue weighted by atomic mass is 16.5. The van der Waals surface area contributed by atoms with Gasteiger partial charge in [-0.25, -0.2) is 0 Å². The van der Waals surface area contributed by atoms with Crippen LogP contribution in [0.25, 0.3) is 0 Å². The molecule has 5 heteroatoms. The van der Waals surface area contributed by atoms with Gasteiger partial charge in [-0.3, -0.25) is 9.89 Å². The predicted molar refractivity (Wildman–Crippen MR) is 103 cm³/mol. The Bertz CT molecular complexity index is 562. The number of aliphatic imine (C=N–C) groups is 1. The van der Waals surface area contributed by atoms with Crippen LogP contribution in [0.3, 0.4) is 0 Å². The fraction of sp³-hybridized carbons (Fsp3) is 0.650. The van der Waals surface area contributed by atoms with Gasteiger partial charge < -0.3 is 15.4 Å². The van der Waals surface area contributed by atoms with Gasteiger partial charge in [0.2, 0.25) is 0 Å². The van der Waals surface area contributed by atoms with E-state index in [1.165, 1.54) is 18.7 Å². The lowest BCUT2D eigenvalue weighted by atomic mass is 10.0. The first-order valence-corrected chi connectivity index (χ1v) is 9.59. The zero-order chi connectivity index (χ0) is 17.6. The van der Waals surface area contributed by atoms with E-state index in [0.29, 0.717) is 6.04 Å². The summed E-state index contributed by atoms with van der Waals surface area (Å²) in [5.41, 5.74) is 1.31. The maximum absolute atomic E-state index is 5.90. The maximum atomic E-state index is 5.90. The second kappa shape index (κ2) is 8.56. The molecule has 25 heavy (non-hydrogen) atoms. The molecule has 0 aromatic heterocycles. The molecule has 1 saturated heterocycles. The highest BCUT2D eigenvalue weighted by Crippen LogP contribution is 2.21. The Hall–Kier alpha value is -1.75. The van der Waals surface area contributed by atoms with Gasteiger partial charge in [0.05, 0.1) is 6.54 Å². The van der Waals surface area contributed by atoms with Crippen molar-refractivity contribution in [3.8, 4) is 5.75 Å². The number of benzene rings is 1. The van der Waals surface area contributed by atoms with Crippen LogP contribution in [-0.2, 0) is 6.42 Å². The molecule has 0 spiro atoms. The monoisotopic (exact) mass is 344 g/mol. The number of nitrogens with zero attached hydrogens (tertiary/aromatic N) is 2. The highest BCUT2D eigenvalue weighted by molar-refractivity contribution is 5.81. The summed E-state index contributed by atoms with van der Waals surface area (Å²) in [6.45, 7) is 12.8. The summed E-state index contributed by atoms with van der Waals surface area (Å²) in [5, 5.41) is 6.67. The number of ether oxygens (including phenoxy) is 1. The van der Waals surface area contributed by atoms with Crippen molar-refractivity contribution in [3.63, 3.8) is 0 Å². The van der Waals surface area contributed by atoms with Crippen LogP contribution in [0.5, 0.6) is 5.75 Å². The van der Waals surface area contributed by atoms with Crippen LogP contribution >= 0.6 is 0 Å². The zero-order valence-corrected chi connectivity index (χ0v) is 15.8. The van der Waals surface area contributed by atoms with Gasteiger partial charge in [-0.2, -0.15) is 0 Å². The molecule has 1 aromatic rings. The van der Waals surface area contributed by atoms with Gasteiger partial charge in [0.15, 0.2) is 5.96 Å². The van der Waals surface area contributed by atoms with Crippen molar-refractivity contribution in [2.75, 3.05) is 39.3 Å². The summed E-state index contributed by atoms with van der Waals surface area (Å²) in [5.74, 6) is 3.51. The van der Waals surface area contributed by atoms with Crippen LogP contribution < -0.4 is 15.4 Å². The predicted octanol–water partition coefficient (Wildman–Crippen LogP) is 2.13. The van der Waals surface area contributed by atoms with Crippen molar-refractivity contribution in [2.24, 2.45) is 16.8 Å². The molecule has 0 amide bonds. The minimum Gasteiger partial charge on any atom is -0.492 e. The molecule has 138 valence electrons. The molecule has 1 fully saturated rings. The largest absolute Gasteiger partial charge is 0.492 e. The molecule has 2 N–H and O–H groups in total. The Balaban J connectivity index is 1.33. The van der Waals surface area contributed by atoms with Crippen molar-refractivity contribution in [2.45, 2.75) is 33.2 Å². The first-order chi connectivity index (χ1) is 12.1. The smallest absolute Gasteiger partial charge is 0.191 e. The number of hydrogen-bond donors (Lipinski definition) is 2. The van der Waals surface area contributed by atoms with Crippen LogP contribution in [0.4, 0.5) is 0 Å². The van der Waals surface area contributed by atoms with Gasteiger partial charge >= 0.3 is 0 Å². The summed E-state index contributed by atoms with van der Waals surface area (Å²) >= 11 is 0. The molecule has 3 rings (SSSR count). The Kier molecular flexibility index (Phi) is 6.19. The Morgan fingerprint density at radius 1 is 1.16 bits per heavy atom. The molecular weight excluding hydrogens is 312 g/mol. The third-order valence-electron chi connectivity index (χ3n) is 5.28. The Labute approximate surface area is 151 Å². The van der Waals surface area contributed by atoms with Gasteiger partial charge in [-0.1, -0.05) is 26.0 Å². The van der Waals surface area contributed by atoms with E-state index in [1.807, 2.05) is 0 Å². The van der Waals surface area contributed by atoms with Crippen molar-refractivity contribution in [3.05, 3.63) is 29.8 Å². The SMILES string of the molecule is CC1CN=C(NCCc2ccc(OCCN3CC(C)C(C)C3)cc2)N1. The molecule has 0 radical (unpaired) electrons. The third kappa shape index (κ3) is 5.36. The highest BCUT2D eigenvalue weighted by Gasteiger charge is 2.25. The molecule has 1 aromatic carbocycles. The van der Waals surface area contributed by atoms with Crippen LogP contribution in [0.2, 0.25) is 0 Å². The summed E-state index contributed by atoms with van der Waals surface area (Å²) in [4.78, 5) is 6.92. The molecule has 0 aliphatic carbocycles. The average molecular weight is 345 g/mol. The van der Waals surface area contributed by atoms with E-state index in [2.05, 4.69) is 65.6 Å². The van der Waals surface area contributed by atoms with E-state index < -0.39 is 0 Å². The maximum Gasteiger partial charge on any atom is 0.191 e. The second-order valence-electron chi connectivity index (χ2n) is 7.62. The summed E-state index contributed by atoms with van der Waals surface area (Å²) in [7, 11) is 0. The van der Waals surface area contributed by atoms with Gasteiger partial charge in [0, 0.05) is 32.2 Å². The van der Waals surface area contributed by atoms with Crippen molar-refractivity contribution < 1.29 is 4.74 Å². The van der Waals surface area contributed by atoms with Crippen molar-refractivity contribution in [1.29, 1.82) is 0 Å². The number of rotatable bonds is 7. The van der Waals surface area contributed by atoms with Crippen molar-refractivity contribution >= 4 is 5.96 Å². The molecule has 2 aliphatic rings. The lowest BCUT2D eigenvalue weighted by Crippen LogP contribution is -2.38. The van der Waals surface area contributed by atoms with E-state index in [1.54, 1.807) is 0 Å². The number of guanidine groups is 1. The standard InChI is InChI=1S/C20H32N4O/c1-15-13-24(14-16(15)2)10-11-25-19-6-4-18(5-7-19)8-9-21-20-22-12-17(3)23-20/h4-7,15-17H,8-14H2,1-3H3,(H2,21,22,23). The summed E-state index contributed by atoms with van der Waals surface area (Å²) in [6, 6.07) is 8.93. The minimum absolute atomic E-state index is 0.450. The Morgan fingerprint density at radius 2 is 1.88 bits per heavy atom. The first kappa shape index (κ1) is 18.1. The normalized spacial score (nSPS) is 26.4. The van der Waals surface area contributed by atoms with E-state index in [0.717, 1.165) is 56.2 Å². The van der Waals surface area contributed by atoms with Gasteiger partial charge in [0.1, 0.15) is 12.4 Å². The molecular formula is C20H32N4O. The van der Waals surface area contributed by atoms with E-state index >= 15 is 0 Å². The Morgan fingerprint density at radius 3 is 2.52 bits per heavy atom. The minimum atomic E-state index is 0.450. The number of nitrogens with one attached hydrogen (secondary N) is 2. The zero-order valence-electron chi connectivity index (χ0n) is 15.8. The van der Waals surface area contributed by atoms with Crippen LogP contribution in [0.15, 0.2) is 29.3 Å².